The van der Waals surface area contributed by atoms with Gasteiger partial charge in [-0.1, -0.05) is 12.8 Å². The molecule has 0 aromatic rings. The van der Waals surface area contributed by atoms with Crippen LogP contribution in [0.15, 0.2) is 0 Å². The van der Waals surface area contributed by atoms with Crippen molar-refractivity contribution in [2.24, 2.45) is 0 Å². The van der Waals surface area contributed by atoms with E-state index < -0.39 is 8.11 Å². The van der Waals surface area contributed by atoms with Gasteiger partial charge in [-0.25, -0.2) is 0 Å². The Morgan fingerprint density at radius 3 is 1.83 bits per heavy atom. The fraction of sp³-hybridized carbons (Fsp3) is 1.00. The summed E-state index contributed by atoms with van der Waals surface area (Å²) < 4.78 is 0. The van der Waals surface area contributed by atoms with Crippen molar-refractivity contribution in [3.05, 3.63) is 0 Å². The van der Waals surface area contributed by atoms with E-state index >= 15 is 0 Å². The largest absolute Gasteiger partial charge is 0.172 e. The molecule has 0 saturated carbocycles. The van der Waals surface area contributed by atoms with Crippen LogP contribution in [-0.4, -0.2) is 8.11 Å². The Hall–Kier alpha value is 0.507. The minimum atomic E-state index is -0.577. The Morgan fingerprint density at radius 1 is 1.17 bits per heavy atom. The van der Waals surface area contributed by atoms with E-state index in [1.165, 1.54) is 24.9 Å². The smallest absolute Gasteiger partial charge is 0.141 e. The van der Waals surface area contributed by atoms with Crippen molar-refractivity contribution in [3.8, 4) is 0 Å². The zero-order valence-electron chi connectivity index (χ0n) is 3.78. The van der Waals surface area contributed by atoms with Gasteiger partial charge in [0.15, 0.2) is 0 Å². The molecule has 1 aliphatic heterocycles. The molecular weight excluding hydrogens is 112 g/mol. The van der Waals surface area contributed by atoms with Gasteiger partial charge in [-0.3, -0.25) is 0 Å². The van der Waals surface area contributed by atoms with E-state index in [1.807, 2.05) is 0 Å². The van der Waals surface area contributed by atoms with Crippen LogP contribution in [0.5, 0.6) is 0 Å². The average molecular weight is 121 g/mol. The molecule has 0 amide bonds. The summed E-state index contributed by atoms with van der Waals surface area (Å²) in [5.74, 6) is 0. The van der Waals surface area contributed by atoms with Crippen molar-refractivity contribution in [2.75, 3.05) is 0 Å². The van der Waals surface area contributed by atoms with E-state index in [-0.39, 0.29) is 0 Å². The van der Waals surface area contributed by atoms with Crippen molar-refractivity contribution in [3.63, 3.8) is 0 Å². The molecule has 1 saturated heterocycles. The van der Waals surface area contributed by atoms with Gasteiger partial charge in [0.05, 0.1) is 0 Å². The fourth-order valence-electron chi connectivity index (χ4n) is 0.876. The molecule has 1 fully saturated rings. The lowest BCUT2D eigenvalue weighted by molar-refractivity contribution is 0.935. The van der Waals surface area contributed by atoms with Crippen molar-refractivity contribution >= 4 is 19.2 Å². The highest BCUT2D eigenvalue weighted by Gasteiger charge is 2.12. The van der Waals surface area contributed by atoms with Crippen molar-refractivity contribution < 1.29 is 0 Å². The predicted octanol–water partition coefficient (Wildman–Crippen LogP) is 1.74. The zero-order valence-corrected chi connectivity index (χ0v) is 5.69. The summed E-state index contributed by atoms with van der Waals surface area (Å²) in [6, 6.07) is 2.78. The Balaban J connectivity index is 2.18. The van der Waals surface area contributed by atoms with Gasteiger partial charge in [0.2, 0.25) is 0 Å². The van der Waals surface area contributed by atoms with Gasteiger partial charge in [0.1, 0.15) is 8.11 Å². The molecule has 1 heterocycles. The number of hydrogen-bond acceptors (Lipinski definition) is 0. The number of halogens is 1. The van der Waals surface area contributed by atoms with E-state index in [0.29, 0.717) is 0 Å². The number of rotatable bonds is 0. The molecule has 0 unspecified atom stereocenters. The highest BCUT2D eigenvalue weighted by atomic mass is 35.6. The highest BCUT2D eigenvalue weighted by Crippen LogP contribution is 2.20. The fourth-order valence-corrected chi connectivity index (χ4v) is 3.55. The van der Waals surface area contributed by atoms with Crippen LogP contribution in [0.3, 0.4) is 0 Å². The standard InChI is InChI=1S/C4H9ClSi/c5-6-3-1-2-4-6/h6H,1-4H2. The molecule has 0 radical (unpaired) electrons. The molecule has 0 spiro atoms. The first kappa shape index (κ1) is 4.66. The Kier molecular flexibility index (Phi) is 1.54. The molecule has 0 aromatic carbocycles. The van der Waals surface area contributed by atoms with E-state index in [9.17, 15) is 0 Å². The molecule has 0 atom stereocenters. The molecule has 0 bridgehead atoms. The van der Waals surface area contributed by atoms with Gasteiger partial charge in [0, 0.05) is 0 Å². The third kappa shape index (κ3) is 0.984. The first-order valence-corrected chi connectivity index (χ1v) is 5.91. The summed E-state index contributed by atoms with van der Waals surface area (Å²) in [4.78, 5) is 0. The number of hydrogen-bond donors (Lipinski definition) is 0. The summed E-state index contributed by atoms with van der Waals surface area (Å²) >= 11 is 5.85. The molecular formula is C4H9ClSi. The van der Waals surface area contributed by atoms with Crippen molar-refractivity contribution in [2.45, 2.75) is 24.9 Å². The summed E-state index contributed by atoms with van der Waals surface area (Å²) in [6.45, 7) is 0. The average Bonchev–Trinajstić information content (AvgIpc) is 1.86. The van der Waals surface area contributed by atoms with Gasteiger partial charge in [-0.05, 0) is 12.1 Å². The van der Waals surface area contributed by atoms with Crippen LogP contribution < -0.4 is 0 Å². The maximum atomic E-state index is 5.85. The lowest BCUT2D eigenvalue weighted by atomic mass is 10.4. The lowest BCUT2D eigenvalue weighted by Crippen LogP contribution is -1.89. The van der Waals surface area contributed by atoms with Crippen LogP contribution in [0, 0.1) is 0 Å². The quantitative estimate of drug-likeness (QED) is 0.338. The summed E-state index contributed by atoms with van der Waals surface area (Å²) in [7, 11) is -0.577. The molecule has 0 aromatic heterocycles. The Morgan fingerprint density at radius 2 is 1.67 bits per heavy atom. The molecule has 0 nitrogen and oxygen atoms in total. The zero-order chi connectivity index (χ0) is 4.41. The second kappa shape index (κ2) is 1.98. The lowest BCUT2D eigenvalue weighted by Gasteiger charge is -1.84. The van der Waals surface area contributed by atoms with Crippen LogP contribution in [0.1, 0.15) is 12.8 Å². The minimum absolute atomic E-state index is 0.577. The van der Waals surface area contributed by atoms with E-state index in [1.54, 1.807) is 0 Å². The molecule has 2 heteroatoms. The normalized spacial score (nSPS) is 25.5. The van der Waals surface area contributed by atoms with Crippen LogP contribution >= 0.6 is 11.1 Å². The van der Waals surface area contributed by atoms with E-state index in [0.717, 1.165) is 0 Å². The van der Waals surface area contributed by atoms with Crippen LogP contribution in [-0.2, 0) is 0 Å². The Labute approximate surface area is 44.8 Å². The van der Waals surface area contributed by atoms with Crippen molar-refractivity contribution in [1.29, 1.82) is 0 Å². The molecule has 1 aliphatic rings. The maximum absolute atomic E-state index is 5.85. The molecule has 36 valence electrons. The predicted molar refractivity (Wildman–Crippen MR) is 31.8 cm³/mol. The summed E-state index contributed by atoms with van der Waals surface area (Å²) in [5, 5.41) is 0. The van der Waals surface area contributed by atoms with E-state index in [2.05, 4.69) is 0 Å². The van der Waals surface area contributed by atoms with Crippen LogP contribution in [0.2, 0.25) is 12.1 Å². The molecule has 0 aliphatic carbocycles. The molecule has 6 heavy (non-hydrogen) atoms. The first-order chi connectivity index (χ1) is 2.89. The third-order valence-electron chi connectivity index (χ3n) is 1.28. The van der Waals surface area contributed by atoms with Gasteiger partial charge in [-0.15, -0.1) is 0 Å². The van der Waals surface area contributed by atoms with E-state index in [4.69, 9.17) is 11.1 Å². The Bertz CT molecular complexity index is 40.8. The summed E-state index contributed by atoms with van der Waals surface area (Å²) in [5.41, 5.74) is 0. The first-order valence-electron chi connectivity index (χ1n) is 2.53. The molecule has 1 rings (SSSR count). The maximum Gasteiger partial charge on any atom is 0.141 e. The highest BCUT2D eigenvalue weighted by molar-refractivity contribution is 7.07. The van der Waals surface area contributed by atoms with Crippen LogP contribution in [0.4, 0.5) is 0 Å². The van der Waals surface area contributed by atoms with Crippen molar-refractivity contribution in [1.82, 2.24) is 0 Å². The second-order valence-electron chi connectivity index (χ2n) is 1.88. The minimum Gasteiger partial charge on any atom is -0.172 e. The monoisotopic (exact) mass is 120 g/mol. The second-order valence-corrected chi connectivity index (χ2v) is 6.08. The third-order valence-corrected chi connectivity index (χ3v) is 4.66. The summed E-state index contributed by atoms with van der Waals surface area (Å²) in [6.07, 6.45) is 2.83. The van der Waals surface area contributed by atoms with Gasteiger partial charge >= 0.3 is 0 Å². The SMILES string of the molecule is Cl[SiH]1CCCC1. The molecule has 0 N–H and O–H groups in total. The van der Waals surface area contributed by atoms with Gasteiger partial charge < -0.3 is 0 Å². The van der Waals surface area contributed by atoms with Gasteiger partial charge in [0.25, 0.3) is 0 Å². The topological polar surface area (TPSA) is 0 Å². The van der Waals surface area contributed by atoms with Crippen LogP contribution in [0.25, 0.3) is 0 Å². The van der Waals surface area contributed by atoms with Gasteiger partial charge in [-0.2, -0.15) is 11.1 Å².